The summed E-state index contributed by atoms with van der Waals surface area (Å²) >= 11 is 0. The molecule has 17 heavy (non-hydrogen) atoms. The summed E-state index contributed by atoms with van der Waals surface area (Å²) in [7, 11) is 0. The number of rotatable bonds is 5. The molecule has 1 unspecified atom stereocenters. The van der Waals surface area contributed by atoms with Crippen molar-refractivity contribution in [2.45, 2.75) is 19.4 Å². The highest BCUT2D eigenvalue weighted by atomic mass is 14.9. The van der Waals surface area contributed by atoms with Gasteiger partial charge in [0.05, 0.1) is 6.04 Å². The SMILES string of the molecule is C=CNC(CC)c1ccc(-n2cccc2)cc1. The lowest BCUT2D eigenvalue weighted by molar-refractivity contribution is 0.603. The van der Waals surface area contributed by atoms with Crippen LogP contribution in [0.4, 0.5) is 0 Å². The summed E-state index contributed by atoms with van der Waals surface area (Å²) in [6, 6.07) is 13.0. The highest BCUT2D eigenvalue weighted by Crippen LogP contribution is 2.18. The van der Waals surface area contributed by atoms with Crippen LogP contribution in [0.5, 0.6) is 0 Å². The molecule has 2 heteroatoms. The van der Waals surface area contributed by atoms with Crippen molar-refractivity contribution in [3.8, 4) is 5.69 Å². The lowest BCUT2D eigenvalue weighted by atomic mass is 10.0. The predicted molar refractivity (Wildman–Crippen MR) is 72.1 cm³/mol. The van der Waals surface area contributed by atoms with Crippen molar-refractivity contribution >= 4 is 0 Å². The fourth-order valence-electron chi connectivity index (χ4n) is 1.98. The third-order valence-electron chi connectivity index (χ3n) is 2.93. The number of hydrogen-bond acceptors (Lipinski definition) is 1. The van der Waals surface area contributed by atoms with Gasteiger partial charge >= 0.3 is 0 Å². The van der Waals surface area contributed by atoms with Gasteiger partial charge in [0.25, 0.3) is 0 Å². The summed E-state index contributed by atoms with van der Waals surface area (Å²) < 4.78 is 2.10. The minimum Gasteiger partial charge on any atom is -0.385 e. The van der Waals surface area contributed by atoms with Crippen LogP contribution in [0, 0.1) is 0 Å². The average Bonchev–Trinajstić information content (AvgIpc) is 2.90. The zero-order valence-electron chi connectivity index (χ0n) is 10.1. The third kappa shape index (κ3) is 2.59. The minimum atomic E-state index is 0.353. The van der Waals surface area contributed by atoms with E-state index in [4.69, 9.17) is 0 Å². The highest BCUT2D eigenvalue weighted by Gasteiger charge is 2.06. The van der Waals surface area contributed by atoms with E-state index in [2.05, 4.69) is 47.7 Å². The fourth-order valence-corrected chi connectivity index (χ4v) is 1.98. The third-order valence-corrected chi connectivity index (χ3v) is 2.93. The molecule has 0 saturated heterocycles. The summed E-state index contributed by atoms with van der Waals surface area (Å²) in [5.41, 5.74) is 2.48. The van der Waals surface area contributed by atoms with E-state index in [1.165, 1.54) is 11.3 Å². The van der Waals surface area contributed by atoms with E-state index in [0.717, 1.165) is 6.42 Å². The number of nitrogens with one attached hydrogen (secondary N) is 1. The molecule has 2 aromatic rings. The van der Waals surface area contributed by atoms with Gasteiger partial charge in [-0.25, -0.2) is 0 Å². The second-order valence-corrected chi connectivity index (χ2v) is 4.01. The summed E-state index contributed by atoms with van der Waals surface area (Å²) in [4.78, 5) is 0. The zero-order valence-corrected chi connectivity index (χ0v) is 10.1. The van der Waals surface area contributed by atoms with E-state index < -0.39 is 0 Å². The Bertz CT molecular complexity index is 454. The van der Waals surface area contributed by atoms with Crippen LogP contribution in [-0.4, -0.2) is 4.57 Å². The standard InChI is InChI=1S/C15H18N2/c1-3-15(16-4-2)13-7-9-14(10-8-13)17-11-5-6-12-17/h4-12,15-16H,2-3H2,1H3. The van der Waals surface area contributed by atoms with Gasteiger partial charge in [0.1, 0.15) is 0 Å². The van der Waals surface area contributed by atoms with Gasteiger partial charge in [-0.05, 0) is 42.4 Å². The fraction of sp³-hybridized carbons (Fsp3) is 0.200. The van der Waals surface area contributed by atoms with Gasteiger partial charge in [-0.3, -0.25) is 0 Å². The van der Waals surface area contributed by atoms with E-state index in [0.29, 0.717) is 6.04 Å². The van der Waals surface area contributed by atoms with Crippen molar-refractivity contribution < 1.29 is 0 Å². The average molecular weight is 226 g/mol. The van der Waals surface area contributed by atoms with Crippen LogP contribution in [0.15, 0.2) is 61.6 Å². The molecular weight excluding hydrogens is 208 g/mol. The Kier molecular flexibility index (Phi) is 3.66. The molecule has 1 N–H and O–H groups in total. The Balaban J connectivity index is 2.20. The number of aromatic nitrogens is 1. The number of benzene rings is 1. The first-order valence-electron chi connectivity index (χ1n) is 5.95. The highest BCUT2D eigenvalue weighted by molar-refractivity contribution is 5.36. The van der Waals surface area contributed by atoms with E-state index >= 15 is 0 Å². The Morgan fingerprint density at radius 1 is 1.24 bits per heavy atom. The molecule has 1 aromatic heterocycles. The van der Waals surface area contributed by atoms with Gasteiger partial charge in [0.2, 0.25) is 0 Å². The predicted octanol–water partition coefficient (Wildman–Crippen LogP) is 3.66. The molecule has 2 rings (SSSR count). The Labute approximate surface area is 103 Å². The van der Waals surface area contributed by atoms with Gasteiger partial charge in [0.15, 0.2) is 0 Å². The van der Waals surface area contributed by atoms with Crippen molar-refractivity contribution in [1.82, 2.24) is 9.88 Å². The summed E-state index contributed by atoms with van der Waals surface area (Å²) in [5.74, 6) is 0. The largest absolute Gasteiger partial charge is 0.385 e. The molecule has 1 aromatic carbocycles. The molecule has 0 bridgehead atoms. The molecule has 0 amide bonds. The van der Waals surface area contributed by atoms with Gasteiger partial charge in [-0.1, -0.05) is 25.6 Å². The van der Waals surface area contributed by atoms with Gasteiger partial charge in [-0.15, -0.1) is 0 Å². The molecule has 0 aliphatic rings. The van der Waals surface area contributed by atoms with Crippen LogP contribution >= 0.6 is 0 Å². The van der Waals surface area contributed by atoms with Crippen molar-refractivity contribution in [1.29, 1.82) is 0 Å². The van der Waals surface area contributed by atoms with Crippen molar-refractivity contribution in [2.75, 3.05) is 0 Å². The van der Waals surface area contributed by atoms with Crippen LogP contribution in [0.1, 0.15) is 24.9 Å². The summed E-state index contributed by atoms with van der Waals surface area (Å²) in [6.45, 7) is 5.88. The Hall–Kier alpha value is -1.96. The summed E-state index contributed by atoms with van der Waals surface area (Å²) in [5, 5.41) is 3.26. The lowest BCUT2D eigenvalue weighted by Gasteiger charge is -2.16. The van der Waals surface area contributed by atoms with Crippen LogP contribution < -0.4 is 5.32 Å². The van der Waals surface area contributed by atoms with Crippen LogP contribution in [0.2, 0.25) is 0 Å². The number of nitrogens with zero attached hydrogens (tertiary/aromatic N) is 1. The van der Waals surface area contributed by atoms with Crippen LogP contribution in [0.3, 0.4) is 0 Å². The quantitative estimate of drug-likeness (QED) is 0.823. The Morgan fingerprint density at radius 2 is 1.88 bits per heavy atom. The molecule has 0 fully saturated rings. The van der Waals surface area contributed by atoms with Crippen molar-refractivity contribution in [3.05, 3.63) is 67.1 Å². The molecule has 1 heterocycles. The second-order valence-electron chi connectivity index (χ2n) is 4.01. The Morgan fingerprint density at radius 3 is 2.41 bits per heavy atom. The molecule has 0 spiro atoms. The topological polar surface area (TPSA) is 17.0 Å². The lowest BCUT2D eigenvalue weighted by Crippen LogP contribution is -2.13. The maximum atomic E-state index is 3.72. The molecule has 2 nitrogen and oxygen atoms in total. The van der Waals surface area contributed by atoms with E-state index in [1.807, 2.05) is 24.5 Å². The van der Waals surface area contributed by atoms with E-state index in [-0.39, 0.29) is 0 Å². The van der Waals surface area contributed by atoms with E-state index in [9.17, 15) is 0 Å². The first kappa shape index (κ1) is 11.5. The van der Waals surface area contributed by atoms with Crippen LogP contribution in [-0.2, 0) is 0 Å². The van der Waals surface area contributed by atoms with Gasteiger partial charge < -0.3 is 9.88 Å². The maximum absolute atomic E-state index is 3.72. The summed E-state index contributed by atoms with van der Waals surface area (Å²) in [6.07, 6.45) is 6.91. The molecule has 0 aliphatic heterocycles. The van der Waals surface area contributed by atoms with Gasteiger partial charge in [0, 0.05) is 18.1 Å². The molecule has 0 saturated carbocycles. The molecular formula is C15H18N2. The smallest absolute Gasteiger partial charge is 0.0505 e. The van der Waals surface area contributed by atoms with Gasteiger partial charge in [-0.2, -0.15) is 0 Å². The minimum absolute atomic E-state index is 0.353. The molecule has 1 atom stereocenters. The van der Waals surface area contributed by atoms with Crippen molar-refractivity contribution in [2.24, 2.45) is 0 Å². The maximum Gasteiger partial charge on any atom is 0.0505 e. The zero-order chi connectivity index (χ0) is 12.1. The monoisotopic (exact) mass is 226 g/mol. The first-order chi connectivity index (χ1) is 8.35. The molecule has 88 valence electrons. The second kappa shape index (κ2) is 5.39. The normalized spacial score (nSPS) is 12.1. The van der Waals surface area contributed by atoms with Crippen LogP contribution in [0.25, 0.3) is 5.69 Å². The molecule has 0 aliphatic carbocycles. The van der Waals surface area contributed by atoms with E-state index in [1.54, 1.807) is 6.20 Å². The van der Waals surface area contributed by atoms with Crippen molar-refractivity contribution in [3.63, 3.8) is 0 Å². The first-order valence-corrected chi connectivity index (χ1v) is 5.95. The molecule has 0 radical (unpaired) electrons. The number of hydrogen-bond donors (Lipinski definition) is 1.